The van der Waals surface area contributed by atoms with E-state index in [-0.39, 0.29) is 17.2 Å². The van der Waals surface area contributed by atoms with Crippen molar-refractivity contribution in [3.8, 4) is 11.8 Å². The largest absolute Gasteiger partial charge is 0.497 e. The number of hydrogen-bond donors (Lipinski definition) is 0. The van der Waals surface area contributed by atoms with E-state index in [1.54, 1.807) is 7.11 Å². The minimum atomic E-state index is -0.795. The summed E-state index contributed by atoms with van der Waals surface area (Å²) in [6.07, 6.45) is 5.55. The molecule has 0 aromatic heterocycles. The van der Waals surface area contributed by atoms with Gasteiger partial charge in [0.25, 0.3) is 0 Å². The van der Waals surface area contributed by atoms with E-state index in [0.29, 0.717) is 38.9 Å². The molecule has 4 rings (SSSR count). The highest BCUT2D eigenvalue weighted by molar-refractivity contribution is 5.86. The van der Waals surface area contributed by atoms with Crippen LogP contribution in [0.4, 0.5) is 0 Å². The van der Waals surface area contributed by atoms with Crippen molar-refractivity contribution in [2.75, 3.05) is 26.7 Å². The van der Waals surface area contributed by atoms with E-state index in [9.17, 15) is 14.9 Å². The molecular formula is C23H29N3O3. The van der Waals surface area contributed by atoms with Crippen LogP contribution in [0.25, 0.3) is 0 Å². The van der Waals surface area contributed by atoms with Gasteiger partial charge in [0.05, 0.1) is 13.2 Å². The van der Waals surface area contributed by atoms with Gasteiger partial charge in [0.15, 0.2) is 0 Å². The van der Waals surface area contributed by atoms with Crippen LogP contribution in [0.1, 0.15) is 50.5 Å². The summed E-state index contributed by atoms with van der Waals surface area (Å²) in [6.45, 7) is 2.69. The number of carbonyl (C=O) groups excluding carboxylic acids is 2. The molecule has 0 atom stereocenters. The fourth-order valence-electron chi connectivity index (χ4n) is 5.25. The lowest BCUT2D eigenvalue weighted by molar-refractivity contribution is -0.141. The second-order valence-corrected chi connectivity index (χ2v) is 8.97. The minimum absolute atomic E-state index is 0.0202. The third-order valence-corrected chi connectivity index (χ3v) is 7.13. The third-order valence-electron chi connectivity index (χ3n) is 7.13. The maximum Gasteiger partial charge on any atom is 0.243 e. The lowest BCUT2D eigenvalue weighted by atomic mass is 9.76. The summed E-state index contributed by atoms with van der Waals surface area (Å²) in [6, 6.07) is 10.2. The Kier molecular flexibility index (Phi) is 5.24. The maximum absolute atomic E-state index is 13.0. The van der Waals surface area contributed by atoms with Gasteiger partial charge in [0.2, 0.25) is 11.8 Å². The monoisotopic (exact) mass is 395 g/mol. The van der Waals surface area contributed by atoms with Crippen LogP contribution in [0.3, 0.4) is 0 Å². The number of amides is 2. The van der Waals surface area contributed by atoms with Crippen molar-refractivity contribution < 1.29 is 14.3 Å². The Morgan fingerprint density at radius 1 is 1.14 bits per heavy atom. The first kappa shape index (κ1) is 19.8. The van der Waals surface area contributed by atoms with E-state index >= 15 is 0 Å². The summed E-state index contributed by atoms with van der Waals surface area (Å²) >= 11 is 0. The van der Waals surface area contributed by atoms with Gasteiger partial charge >= 0.3 is 0 Å². The average molecular weight is 396 g/mol. The van der Waals surface area contributed by atoms with Gasteiger partial charge in [-0.3, -0.25) is 9.59 Å². The summed E-state index contributed by atoms with van der Waals surface area (Å²) < 4.78 is 5.20. The van der Waals surface area contributed by atoms with E-state index in [1.807, 2.05) is 34.1 Å². The van der Waals surface area contributed by atoms with Crippen LogP contribution < -0.4 is 4.74 Å². The zero-order chi connectivity index (χ0) is 20.5. The molecule has 6 heteroatoms. The molecule has 2 aliphatic heterocycles. The molecule has 1 saturated carbocycles. The summed E-state index contributed by atoms with van der Waals surface area (Å²) in [5.41, 5.74) is 0.271. The highest BCUT2D eigenvalue weighted by atomic mass is 16.5. The van der Waals surface area contributed by atoms with Crippen LogP contribution in [0, 0.1) is 22.2 Å². The molecule has 1 spiro atoms. The number of benzene rings is 1. The Morgan fingerprint density at radius 2 is 1.79 bits per heavy atom. The molecular weight excluding hydrogens is 366 g/mol. The van der Waals surface area contributed by atoms with Crippen LogP contribution in [0.15, 0.2) is 24.3 Å². The van der Waals surface area contributed by atoms with Crippen molar-refractivity contribution in [2.24, 2.45) is 10.8 Å². The molecule has 2 saturated heterocycles. The van der Waals surface area contributed by atoms with E-state index in [0.717, 1.165) is 43.5 Å². The molecule has 1 aromatic carbocycles. The first-order valence-electron chi connectivity index (χ1n) is 10.6. The molecule has 0 N–H and O–H groups in total. The molecule has 3 aliphatic rings. The summed E-state index contributed by atoms with van der Waals surface area (Å²) in [7, 11) is 1.64. The molecule has 2 amide bonds. The summed E-state index contributed by atoms with van der Waals surface area (Å²) in [4.78, 5) is 29.5. The second kappa shape index (κ2) is 7.70. The van der Waals surface area contributed by atoms with Gasteiger partial charge in [-0.15, -0.1) is 0 Å². The van der Waals surface area contributed by atoms with Gasteiger partial charge in [-0.2, -0.15) is 5.26 Å². The van der Waals surface area contributed by atoms with Gasteiger partial charge in [0, 0.05) is 38.0 Å². The predicted molar refractivity (Wildman–Crippen MR) is 108 cm³/mol. The highest BCUT2D eigenvalue weighted by Crippen LogP contribution is 2.44. The topological polar surface area (TPSA) is 73.6 Å². The number of ether oxygens (including phenoxy) is 1. The zero-order valence-electron chi connectivity index (χ0n) is 17.2. The molecule has 2 heterocycles. The molecule has 1 aromatic rings. The number of nitriles is 1. The molecule has 6 nitrogen and oxygen atoms in total. The van der Waals surface area contributed by atoms with Crippen molar-refractivity contribution in [1.29, 1.82) is 5.26 Å². The molecule has 1 aliphatic carbocycles. The van der Waals surface area contributed by atoms with Crippen molar-refractivity contribution in [3.63, 3.8) is 0 Å². The molecule has 0 radical (unpaired) electrons. The Bertz CT molecular complexity index is 813. The van der Waals surface area contributed by atoms with Gasteiger partial charge in [-0.05, 0) is 43.4 Å². The SMILES string of the molecule is COc1ccc(CN2CC3(CCN(C(=O)C4(C#N)CCCC4)CC3)CC2=O)cc1. The molecule has 29 heavy (non-hydrogen) atoms. The Balaban J connectivity index is 1.36. The van der Waals surface area contributed by atoms with Crippen LogP contribution in [-0.4, -0.2) is 48.4 Å². The first-order valence-corrected chi connectivity index (χ1v) is 10.6. The van der Waals surface area contributed by atoms with Gasteiger partial charge in [0.1, 0.15) is 11.2 Å². The van der Waals surface area contributed by atoms with Crippen LogP contribution in [0.5, 0.6) is 5.75 Å². The van der Waals surface area contributed by atoms with Crippen molar-refractivity contribution >= 4 is 11.8 Å². The van der Waals surface area contributed by atoms with Gasteiger partial charge in [-0.1, -0.05) is 25.0 Å². The van der Waals surface area contributed by atoms with Crippen molar-refractivity contribution in [2.45, 2.75) is 51.5 Å². The van der Waals surface area contributed by atoms with Gasteiger partial charge in [-0.25, -0.2) is 0 Å². The van der Waals surface area contributed by atoms with Crippen molar-refractivity contribution in [1.82, 2.24) is 9.80 Å². The standard InChI is InChI=1S/C23H29N3O3/c1-29-19-6-4-18(5-7-19)15-26-17-22(14-20(26)27)10-12-25(13-11-22)21(28)23(16-24)8-2-3-9-23/h4-7H,2-3,8-15,17H2,1H3. The smallest absolute Gasteiger partial charge is 0.243 e. The quantitative estimate of drug-likeness (QED) is 0.785. The molecule has 154 valence electrons. The number of hydrogen-bond acceptors (Lipinski definition) is 4. The number of piperidine rings is 1. The minimum Gasteiger partial charge on any atom is -0.497 e. The number of methoxy groups -OCH3 is 1. The van der Waals surface area contributed by atoms with Crippen LogP contribution in [0.2, 0.25) is 0 Å². The third kappa shape index (κ3) is 3.71. The number of rotatable bonds is 4. The maximum atomic E-state index is 13.0. The summed E-state index contributed by atoms with van der Waals surface area (Å²) in [5.74, 6) is 1.03. The Morgan fingerprint density at radius 3 is 2.38 bits per heavy atom. The lowest BCUT2D eigenvalue weighted by Crippen LogP contribution is -2.49. The fourth-order valence-corrected chi connectivity index (χ4v) is 5.25. The Labute approximate surface area is 172 Å². The van der Waals surface area contributed by atoms with Gasteiger partial charge < -0.3 is 14.5 Å². The normalized spacial score (nSPS) is 22.7. The number of carbonyl (C=O) groups is 2. The fraction of sp³-hybridized carbons (Fsp3) is 0.609. The van der Waals surface area contributed by atoms with Crippen LogP contribution in [-0.2, 0) is 16.1 Å². The van der Waals surface area contributed by atoms with E-state index in [1.165, 1.54) is 0 Å². The second-order valence-electron chi connectivity index (χ2n) is 8.97. The first-order chi connectivity index (χ1) is 14.0. The molecule has 3 fully saturated rings. The number of likely N-dealkylation sites (tertiary alicyclic amines) is 2. The predicted octanol–water partition coefficient (Wildman–Crippen LogP) is 3.12. The summed E-state index contributed by atoms with van der Waals surface area (Å²) in [5, 5.41) is 9.61. The highest BCUT2D eigenvalue weighted by Gasteiger charge is 2.49. The van der Waals surface area contributed by atoms with E-state index in [4.69, 9.17) is 4.74 Å². The van der Waals surface area contributed by atoms with Crippen LogP contribution >= 0.6 is 0 Å². The average Bonchev–Trinajstić information content (AvgIpc) is 3.34. The molecule has 0 unspecified atom stereocenters. The zero-order valence-corrected chi connectivity index (χ0v) is 17.2. The lowest BCUT2D eigenvalue weighted by Gasteiger charge is -2.40. The van der Waals surface area contributed by atoms with Crippen molar-refractivity contribution in [3.05, 3.63) is 29.8 Å². The number of nitrogens with zero attached hydrogens (tertiary/aromatic N) is 3. The van der Waals surface area contributed by atoms with E-state index < -0.39 is 5.41 Å². The molecule has 0 bridgehead atoms. The Hall–Kier alpha value is -2.55. The van der Waals surface area contributed by atoms with E-state index in [2.05, 4.69) is 6.07 Å².